The van der Waals surface area contributed by atoms with Crippen molar-refractivity contribution in [2.45, 2.75) is 69.1 Å². The molecule has 5 heteroatoms. The molecule has 0 aromatic rings. The van der Waals surface area contributed by atoms with Gasteiger partial charge in [0.25, 0.3) is 0 Å². The number of nitrogens with one attached hydrogen (secondary N) is 2. The van der Waals surface area contributed by atoms with Crippen LogP contribution in [0.15, 0.2) is 0 Å². The van der Waals surface area contributed by atoms with Gasteiger partial charge in [-0.25, -0.2) is 4.79 Å². The van der Waals surface area contributed by atoms with Gasteiger partial charge in [-0.3, -0.25) is 0 Å². The molecule has 0 aromatic heterocycles. The van der Waals surface area contributed by atoms with Gasteiger partial charge in [-0.1, -0.05) is 19.3 Å². The standard InChI is InChI=1S/C15H26N2O3/c18-14(16-12-4-2-1-3-5-12)17-13-6-8-20-15(10-13)7-9-19-11-15/h12-13H,1-11H2,(H2,16,17,18)/t13-,15+/m0/s1. The summed E-state index contributed by atoms with van der Waals surface area (Å²) in [6.07, 6.45) is 8.77. The van der Waals surface area contributed by atoms with E-state index in [9.17, 15) is 4.79 Å². The molecule has 1 aliphatic carbocycles. The van der Waals surface area contributed by atoms with Gasteiger partial charge >= 0.3 is 6.03 Å². The Kier molecular flexibility index (Phi) is 4.46. The van der Waals surface area contributed by atoms with Crippen molar-refractivity contribution in [1.29, 1.82) is 0 Å². The van der Waals surface area contributed by atoms with Crippen LogP contribution < -0.4 is 10.6 Å². The van der Waals surface area contributed by atoms with Crippen LogP contribution in [0.4, 0.5) is 4.79 Å². The minimum Gasteiger partial charge on any atom is -0.378 e. The van der Waals surface area contributed by atoms with E-state index in [2.05, 4.69) is 10.6 Å². The van der Waals surface area contributed by atoms with Gasteiger partial charge in [0.15, 0.2) is 0 Å². The highest BCUT2D eigenvalue weighted by Crippen LogP contribution is 2.32. The van der Waals surface area contributed by atoms with Gasteiger partial charge < -0.3 is 20.1 Å². The van der Waals surface area contributed by atoms with Crippen LogP contribution in [0.25, 0.3) is 0 Å². The van der Waals surface area contributed by atoms with E-state index in [1.165, 1.54) is 19.3 Å². The van der Waals surface area contributed by atoms with Crippen LogP contribution in [0, 0.1) is 0 Å². The lowest BCUT2D eigenvalue weighted by atomic mass is 9.90. The lowest BCUT2D eigenvalue weighted by molar-refractivity contribution is -0.0878. The average molecular weight is 282 g/mol. The zero-order valence-electron chi connectivity index (χ0n) is 12.2. The van der Waals surface area contributed by atoms with Crippen LogP contribution in [-0.4, -0.2) is 43.5 Å². The largest absolute Gasteiger partial charge is 0.378 e. The Morgan fingerprint density at radius 2 is 1.80 bits per heavy atom. The van der Waals surface area contributed by atoms with Crippen LogP contribution >= 0.6 is 0 Å². The predicted molar refractivity (Wildman–Crippen MR) is 75.7 cm³/mol. The van der Waals surface area contributed by atoms with E-state index in [1.54, 1.807) is 0 Å². The molecule has 2 aliphatic heterocycles. The molecule has 114 valence electrons. The number of ether oxygens (including phenoxy) is 2. The van der Waals surface area contributed by atoms with Crippen LogP contribution in [0.3, 0.4) is 0 Å². The Bertz CT molecular complexity index is 336. The Labute approximate surface area is 120 Å². The first kappa shape index (κ1) is 14.1. The first-order valence-electron chi connectivity index (χ1n) is 8.05. The molecule has 1 saturated carbocycles. The summed E-state index contributed by atoms with van der Waals surface area (Å²) >= 11 is 0. The van der Waals surface area contributed by atoms with Crippen molar-refractivity contribution in [2.75, 3.05) is 19.8 Å². The number of rotatable bonds is 2. The number of hydrogen-bond acceptors (Lipinski definition) is 3. The predicted octanol–water partition coefficient (Wildman–Crippen LogP) is 1.96. The fourth-order valence-corrected chi connectivity index (χ4v) is 3.67. The van der Waals surface area contributed by atoms with Crippen LogP contribution in [0.1, 0.15) is 51.4 Å². The van der Waals surface area contributed by atoms with Gasteiger partial charge in [0.05, 0.1) is 12.2 Å². The normalized spacial score (nSPS) is 35.1. The maximum atomic E-state index is 12.1. The number of amides is 2. The van der Waals surface area contributed by atoms with Crippen LogP contribution in [0.2, 0.25) is 0 Å². The van der Waals surface area contributed by atoms with Crippen molar-refractivity contribution < 1.29 is 14.3 Å². The quantitative estimate of drug-likeness (QED) is 0.814. The van der Waals surface area contributed by atoms with Gasteiger partial charge in [0.1, 0.15) is 0 Å². The van der Waals surface area contributed by atoms with Gasteiger partial charge in [-0.15, -0.1) is 0 Å². The van der Waals surface area contributed by atoms with E-state index in [0.29, 0.717) is 12.6 Å². The summed E-state index contributed by atoms with van der Waals surface area (Å²) in [4.78, 5) is 12.1. The topological polar surface area (TPSA) is 59.6 Å². The second kappa shape index (κ2) is 6.31. The van der Waals surface area contributed by atoms with Crippen LogP contribution in [-0.2, 0) is 9.47 Å². The number of hydrogen-bond donors (Lipinski definition) is 2. The molecule has 3 aliphatic rings. The third-order valence-electron chi connectivity index (χ3n) is 4.84. The monoisotopic (exact) mass is 282 g/mol. The van der Waals surface area contributed by atoms with Crippen molar-refractivity contribution >= 4 is 6.03 Å². The molecule has 2 N–H and O–H groups in total. The summed E-state index contributed by atoms with van der Waals surface area (Å²) in [6.45, 7) is 2.17. The summed E-state index contributed by atoms with van der Waals surface area (Å²) in [7, 11) is 0. The summed E-state index contributed by atoms with van der Waals surface area (Å²) < 4.78 is 11.4. The van der Waals surface area contributed by atoms with E-state index in [0.717, 1.165) is 45.3 Å². The Balaban J connectivity index is 1.45. The smallest absolute Gasteiger partial charge is 0.315 e. The minimum absolute atomic E-state index is 0.00198. The maximum absolute atomic E-state index is 12.1. The van der Waals surface area contributed by atoms with Gasteiger partial charge in [0.2, 0.25) is 0 Å². The van der Waals surface area contributed by atoms with E-state index in [-0.39, 0.29) is 17.7 Å². The molecule has 2 amide bonds. The molecule has 0 unspecified atom stereocenters. The van der Waals surface area contributed by atoms with Crippen molar-refractivity contribution in [1.82, 2.24) is 10.6 Å². The highest BCUT2D eigenvalue weighted by Gasteiger charge is 2.41. The molecule has 0 aromatic carbocycles. The van der Waals surface area contributed by atoms with Crippen molar-refractivity contribution in [3.63, 3.8) is 0 Å². The molecule has 0 radical (unpaired) electrons. The minimum atomic E-state index is -0.138. The van der Waals surface area contributed by atoms with Gasteiger partial charge in [-0.05, 0) is 25.7 Å². The molecule has 3 rings (SSSR count). The molecule has 2 saturated heterocycles. The molecule has 1 spiro atoms. The fourth-order valence-electron chi connectivity index (χ4n) is 3.67. The molecule has 2 atom stereocenters. The second-order valence-electron chi connectivity index (χ2n) is 6.48. The third-order valence-corrected chi connectivity index (χ3v) is 4.84. The zero-order valence-corrected chi connectivity index (χ0v) is 12.2. The van der Waals surface area contributed by atoms with Crippen molar-refractivity contribution in [3.05, 3.63) is 0 Å². The molecule has 5 nitrogen and oxygen atoms in total. The first-order chi connectivity index (χ1) is 9.76. The summed E-state index contributed by atoms with van der Waals surface area (Å²) in [6, 6.07) is 0.583. The SMILES string of the molecule is O=C(NC1CCCCC1)N[C@H]1CCO[C@]2(CCOC2)C1. The Morgan fingerprint density at radius 1 is 1.00 bits per heavy atom. The second-order valence-corrected chi connectivity index (χ2v) is 6.48. The summed E-state index contributed by atoms with van der Waals surface area (Å²) in [5, 5.41) is 6.25. The van der Waals surface area contributed by atoms with Crippen molar-refractivity contribution in [3.8, 4) is 0 Å². The van der Waals surface area contributed by atoms with E-state index >= 15 is 0 Å². The molecular weight excluding hydrogens is 256 g/mol. The summed E-state index contributed by atoms with van der Waals surface area (Å²) in [5.41, 5.74) is -0.138. The lowest BCUT2D eigenvalue weighted by Crippen LogP contribution is -2.52. The lowest BCUT2D eigenvalue weighted by Gasteiger charge is -2.37. The highest BCUT2D eigenvalue weighted by molar-refractivity contribution is 5.74. The average Bonchev–Trinajstić information content (AvgIpc) is 2.87. The molecular formula is C15H26N2O3. The maximum Gasteiger partial charge on any atom is 0.315 e. The Hall–Kier alpha value is -0.810. The van der Waals surface area contributed by atoms with Crippen molar-refractivity contribution in [2.24, 2.45) is 0 Å². The van der Waals surface area contributed by atoms with Gasteiger partial charge in [-0.2, -0.15) is 0 Å². The van der Waals surface area contributed by atoms with E-state index < -0.39 is 0 Å². The molecule has 20 heavy (non-hydrogen) atoms. The van der Waals surface area contributed by atoms with Gasteiger partial charge in [0, 0.05) is 31.7 Å². The van der Waals surface area contributed by atoms with E-state index in [4.69, 9.17) is 9.47 Å². The molecule has 0 bridgehead atoms. The number of carbonyl (C=O) groups is 1. The highest BCUT2D eigenvalue weighted by atomic mass is 16.6. The fraction of sp³-hybridized carbons (Fsp3) is 0.933. The number of carbonyl (C=O) groups excluding carboxylic acids is 1. The van der Waals surface area contributed by atoms with Crippen LogP contribution in [0.5, 0.6) is 0 Å². The number of urea groups is 1. The first-order valence-corrected chi connectivity index (χ1v) is 8.05. The molecule has 3 fully saturated rings. The Morgan fingerprint density at radius 3 is 2.55 bits per heavy atom. The third kappa shape index (κ3) is 3.44. The van der Waals surface area contributed by atoms with E-state index in [1.807, 2.05) is 0 Å². The molecule has 2 heterocycles. The summed E-state index contributed by atoms with van der Waals surface area (Å²) in [5.74, 6) is 0. The zero-order chi connectivity index (χ0) is 13.8.